The van der Waals surface area contributed by atoms with Crippen LogP contribution >= 0.6 is 0 Å². The lowest BCUT2D eigenvalue weighted by Crippen LogP contribution is -1.88. The van der Waals surface area contributed by atoms with Crippen LogP contribution in [0.4, 0.5) is 0 Å². The number of hydrogen-bond acceptors (Lipinski definition) is 1. The van der Waals surface area contributed by atoms with Gasteiger partial charge < -0.3 is 0 Å². The molecule has 0 saturated carbocycles. The summed E-state index contributed by atoms with van der Waals surface area (Å²) >= 11 is 0. The van der Waals surface area contributed by atoms with Crippen LogP contribution in [-0.4, -0.2) is 6.29 Å². The predicted octanol–water partition coefficient (Wildman–Crippen LogP) is 5.29. The first kappa shape index (κ1) is 16.2. The SMILES string of the molecule is CC(C)=C(C)/C=C\C=C(/C)CCc1ccc(C=O)cc1. The zero-order valence-corrected chi connectivity index (χ0v) is 12.9. The third-order valence-corrected chi connectivity index (χ3v) is 3.44. The van der Waals surface area contributed by atoms with Crippen molar-refractivity contribution in [3.8, 4) is 0 Å². The maximum absolute atomic E-state index is 10.6. The minimum absolute atomic E-state index is 0.737. The Bertz CT molecular complexity index is 523. The van der Waals surface area contributed by atoms with Gasteiger partial charge in [-0.05, 0) is 46.1 Å². The Kier molecular flexibility index (Phi) is 6.72. The minimum atomic E-state index is 0.737. The van der Waals surface area contributed by atoms with Crippen molar-refractivity contribution in [3.05, 3.63) is 70.3 Å². The minimum Gasteiger partial charge on any atom is -0.298 e. The molecule has 0 amide bonds. The quantitative estimate of drug-likeness (QED) is 0.506. The highest BCUT2D eigenvalue weighted by Gasteiger charge is 1.95. The van der Waals surface area contributed by atoms with Crippen LogP contribution in [0.5, 0.6) is 0 Å². The van der Waals surface area contributed by atoms with Crippen molar-refractivity contribution in [2.24, 2.45) is 0 Å². The average Bonchev–Trinajstić information content (AvgIpc) is 2.45. The molecule has 0 fully saturated rings. The first-order chi connectivity index (χ1) is 9.52. The first-order valence-electron chi connectivity index (χ1n) is 7.05. The van der Waals surface area contributed by atoms with E-state index in [1.165, 1.54) is 22.3 Å². The number of aldehydes is 1. The molecular formula is C19H24O. The lowest BCUT2D eigenvalue weighted by atomic mass is 10.0. The lowest BCUT2D eigenvalue weighted by Gasteiger charge is -2.02. The summed E-state index contributed by atoms with van der Waals surface area (Å²) in [6.07, 6.45) is 9.37. The molecule has 0 aromatic heterocycles. The van der Waals surface area contributed by atoms with Gasteiger partial charge in [0, 0.05) is 5.56 Å². The Morgan fingerprint density at radius 2 is 1.70 bits per heavy atom. The van der Waals surface area contributed by atoms with E-state index in [1.54, 1.807) is 0 Å². The number of carbonyl (C=O) groups is 1. The molecule has 0 aliphatic carbocycles. The highest BCUT2D eigenvalue weighted by atomic mass is 16.1. The number of benzene rings is 1. The Labute approximate surface area is 122 Å². The van der Waals surface area contributed by atoms with Crippen molar-refractivity contribution in [3.63, 3.8) is 0 Å². The molecule has 0 bridgehead atoms. The smallest absolute Gasteiger partial charge is 0.150 e. The molecule has 0 saturated heterocycles. The van der Waals surface area contributed by atoms with Gasteiger partial charge in [0.25, 0.3) is 0 Å². The number of carbonyl (C=O) groups excluding carboxylic acids is 1. The van der Waals surface area contributed by atoms with Crippen LogP contribution in [-0.2, 0) is 6.42 Å². The molecule has 20 heavy (non-hydrogen) atoms. The normalized spacial score (nSPS) is 11.7. The molecule has 0 N–H and O–H groups in total. The van der Waals surface area contributed by atoms with Gasteiger partial charge in [-0.3, -0.25) is 4.79 Å². The molecule has 0 heterocycles. The van der Waals surface area contributed by atoms with Gasteiger partial charge in [0.15, 0.2) is 0 Å². The molecule has 0 radical (unpaired) electrons. The molecule has 0 spiro atoms. The zero-order chi connectivity index (χ0) is 15.0. The summed E-state index contributed by atoms with van der Waals surface area (Å²) in [4.78, 5) is 10.6. The van der Waals surface area contributed by atoms with Crippen LogP contribution in [0.25, 0.3) is 0 Å². The van der Waals surface area contributed by atoms with E-state index in [2.05, 4.69) is 45.9 Å². The van der Waals surface area contributed by atoms with E-state index in [0.717, 1.165) is 24.7 Å². The van der Waals surface area contributed by atoms with E-state index < -0.39 is 0 Å². The van der Waals surface area contributed by atoms with Crippen molar-refractivity contribution in [1.82, 2.24) is 0 Å². The summed E-state index contributed by atoms with van der Waals surface area (Å²) < 4.78 is 0. The number of aryl methyl sites for hydroxylation is 1. The fraction of sp³-hybridized carbons (Fsp3) is 0.316. The van der Waals surface area contributed by atoms with Crippen molar-refractivity contribution in [2.45, 2.75) is 40.5 Å². The number of allylic oxidation sites excluding steroid dienone is 6. The maximum atomic E-state index is 10.6. The number of rotatable bonds is 6. The molecule has 0 aliphatic heterocycles. The second kappa shape index (κ2) is 8.31. The highest BCUT2D eigenvalue weighted by molar-refractivity contribution is 5.74. The van der Waals surface area contributed by atoms with E-state index in [9.17, 15) is 4.79 Å². The second-order valence-corrected chi connectivity index (χ2v) is 5.41. The molecular weight excluding hydrogens is 244 g/mol. The summed E-state index contributed by atoms with van der Waals surface area (Å²) in [6, 6.07) is 7.80. The second-order valence-electron chi connectivity index (χ2n) is 5.41. The van der Waals surface area contributed by atoms with Crippen LogP contribution in [0.1, 0.15) is 50.0 Å². The third kappa shape index (κ3) is 5.83. The monoisotopic (exact) mass is 268 g/mol. The molecule has 1 aromatic rings. The van der Waals surface area contributed by atoms with Crippen LogP contribution in [0.2, 0.25) is 0 Å². The predicted molar refractivity (Wildman–Crippen MR) is 87.1 cm³/mol. The molecule has 1 nitrogen and oxygen atoms in total. The van der Waals surface area contributed by atoms with Crippen LogP contribution in [0.15, 0.2) is 59.2 Å². The van der Waals surface area contributed by atoms with E-state index in [0.29, 0.717) is 0 Å². The van der Waals surface area contributed by atoms with Crippen molar-refractivity contribution < 1.29 is 4.79 Å². The van der Waals surface area contributed by atoms with Gasteiger partial charge in [-0.15, -0.1) is 0 Å². The van der Waals surface area contributed by atoms with Crippen LogP contribution in [0.3, 0.4) is 0 Å². The summed E-state index contributed by atoms with van der Waals surface area (Å²) in [5, 5.41) is 0. The van der Waals surface area contributed by atoms with Gasteiger partial charge in [-0.2, -0.15) is 0 Å². The van der Waals surface area contributed by atoms with Gasteiger partial charge in [0.05, 0.1) is 0 Å². The van der Waals surface area contributed by atoms with Crippen molar-refractivity contribution in [2.75, 3.05) is 0 Å². The van der Waals surface area contributed by atoms with E-state index in [-0.39, 0.29) is 0 Å². The van der Waals surface area contributed by atoms with Gasteiger partial charge >= 0.3 is 0 Å². The van der Waals surface area contributed by atoms with E-state index in [1.807, 2.05) is 24.3 Å². The zero-order valence-electron chi connectivity index (χ0n) is 12.9. The number of hydrogen-bond donors (Lipinski definition) is 0. The van der Waals surface area contributed by atoms with Crippen molar-refractivity contribution in [1.29, 1.82) is 0 Å². The average molecular weight is 268 g/mol. The molecule has 0 atom stereocenters. The van der Waals surface area contributed by atoms with E-state index >= 15 is 0 Å². The summed E-state index contributed by atoms with van der Waals surface area (Å²) in [5.41, 5.74) is 6.04. The summed E-state index contributed by atoms with van der Waals surface area (Å²) in [7, 11) is 0. The molecule has 106 valence electrons. The standard InChI is InChI=1S/C19H24O/c1-15(2)17(4)7-5-6-16(3)8-9-18-10-12-19(14-20)13-11-18/h5-7,10-14H,8-9H2,1-4H3/b7-5-,16-6+. The van der Waals surface area contributed by atoms with Gasteiger partial charge in [0.1, 0.15) is 6.29 Å². The molecule has 1 aromatic carbocycles. The van der Waals surface area contributed by atoms with Crippen molar-refractivity contribution >= 4 is 6.29 Å². The first-order valence-corrected chi connectivity index (χ1v) is 7.05. The fourth-order valence-electron chi connectivity index (χ4n) is 1.71. The summed E-state index contributed by atoms with van der Waals surface area (Å²) in [5.74, 6) is 0. The van der Waals surface area contributed by atoms with Crippen LogP contribution in [0, 0.1) is 0 Å². The molecule has 0 unspecified atom stereocenters. The Morgan fingerprint density at radius 3 is 2.25 bits per heavy atom. The Balaban J connectivity index is 2.51. The van der Waals surface area contributed by atoms with Crippen LogP contribution < -0.4 is 0 Å². The molecule has 1 heteroatoms. The topological polar surface area (TPSA) is 17.1 Å². The fourth-order valence-corrected chi connectivity index (χ4v) is 1.71. The summed E-state index contributed by atoms with van der Waals surface area (Å²) in [6.45, 7) is 8.53. The van der Waals surface area contributed by atoms with Gasteiger partial charge in [-0.1, -0.05) is 59.2 Å². The highest BCUT2D eigenvalue weighted by Crippen LogP contribution is 2.10. The van der Waals surface area contributed by atoms with Gasteiger partial charge in [-0.25, -0.2) is 0 Å². The van der Waals surface area contributed by atoms with Gasteiger partial charge in [0.2, 0.25) is 0 Å². The lowest BCUT2D eigenvalue weighted by molar-refractivity contribution is 0.112. The molecule has 0 aliphatic rings. The largest absolute Gasteiger partial charge is 0.298 e. The third-order valence-electron chi connectivity index (χ3n) is 3.44. The Morgan fingerprint density at radius 1 is 1.05 bits per heavy atom. The Hall–Kier alpha value is -1.89. The molecule has 1 rings (SSSR count). The maximum Gasteiger partial charge on any atom is 0.150 e. The van der Waals surface area contributed by atoms with E-state index in [4.69, 9.17) is 0 Å².